The summed E-state index contributed by atoms with van der Waals surface area (Å²) in [5.74, 6) is 1.13. The molecule has 0 fully saturated rings. The van der Waals surface area contributed by atoms with E-state index in [0.717, 1.165) is 9.87 Å². The Morgan fingerprint density at radius 2 is 1.45 bits per heavy atom. The van der Waals surface area contributed by atoms with Crippen molar-refractivity contribution in [3.05, 3.63) is 78.4 Å². The molecule has 0 aliphatic heterocycles. The highest BCUT2D eigenvalue weighted by molar-refractivity contribution is 7.92. The lowest BCUT2D eigenvalue weighted by molar-refractivity contribution is -0.133. The Labute approximate surface area is 181 Å². The van der Waals surface area contributed by atoms with Gasteiger partial charge in [0.1, 0.15) is 17.2 Å². The molecule has 8 heteroatoms. The number of hydrogen-bond acceptors (Lipinski definition) is 6. The van der Waals surface area contributed by atoms with Crippen LogP contribution in [-0.2, 0) is 21.2 Å². The second-order valence-corrected chi connectivity index (χ2v) is 8.61. The fraction of sp³-hybridized carbons (Fsp3) is 0.174. The summed E-state index contributed by atoms with van der Waals surface area (Å²) >= 11 is 0. The smallest absolute Gasteiger partial charge is 0.315 e. The van der Waals surface area contributed by atoms with E-state index in [2.05, 4.69) is 0 Å². The molecule has 0 atom stereocenters. The van der Waals surface area contributed by atoms with Crippen molar-refractivity contribution in [1.82, 2.24) is 0 Å². The Balaban J connectivity index is 1.67. The molecule has 0 N–H and O–H groups in total. The molecule has 0 amide bonds. The molecule has 0 aliphatic rings. The minimum Gasteiger partial charge on any atom is -0.497 e. The predicted octanol–water partition coefficient (Wildman–Crippen LogP) is 3.68. The molecule has 3 rings (SSSR count). The van der Waals surface area contributed by atoms with E-state index in [1.165, 1.54) is 26.3 Å². The summed E-state index contributed by atoms with van der Waals surface area (Å²) in [6.07, 6.45) is 0.0880. The van der Waals surface area contributed by atoms with Gasteiger partial charge in [0.25, 0.3) is 10.0 Å². The summed E-state index contributed by atoms with van der Waals surface area (Å²) in [6, 6.07) is 19.6. The van der Waals surface area contributed by atoms with E-state index in [1.54, 1.807) is 61.7 Å². The number of carbonyl (C=O) groups is 1. The van der Waals surface area contributed by atoms with Crippen LogP contribution in [-0.4, -0.2) is 35.7 Å². The van der Waals surface area contributed by atoms with Crippen molar-refractivity contribution in [2.75, 3.05) is 25.6 Å². The monoisotopic (exact) mass is 441 g/mol. The molecule has 162 valence electrons. The fourth-order valence-corrected chi connectivity index (χ4v) is 4.08. The van der Waals surface area contributed by atoms with Crippen molar-refractivity contribution in [1.29, 1.82) is 0 Å². The first kappa shape index (κ1) is 22.2. The highest BCUT2D eigenvalue weighted by Crippen LogP contribution is 2.25. The van der Waals surface area contributed by atoms with Crippen LogP contribution in [0.3, 0.4) is 0 Å². The van der Waals surface area contributed by atoms with Crippen LogP contribution >= 0.6 is 0 Å². The van der Waals surface area contributed by atoms with Gasteiger partial charge in [0, 0.05) is 7.05 Å². The topological polar surface area (TPSA) is 82.1 Å². The summed E-state index contributed by atoms with van der Waals surface area (Å²) < 4.78 is 42.4. The third kappa shape index (κ3) is 5.35. The van der Waals surface area contributed by atoms with Crippen molar-refractivity contribution in [2.45, 2.75) is 11.3 Å². The SMILES string of the molecule is COc1ccc(S(=O)(=O)N(C)c2ccc(OC(=O)Cc3cccc(OC)c3)cc2)cc1. The van der Waals surface area contributed by atoms with Crippen LogP contribution in [0.25, 0.3) is 0 Å². The number of carbonyl (C=O) groups excluding carboxylic acids is 1. The van der Waals surface area contributed by atoms with Crippen molar-refractivity contribution in [3.63, 3.8) is 0 Å². The molecule has 0 aromatic heterocycles. The molecule has 0 heterocycles. The maximum Gasteiger partial charge on any atom is 0.315 e. The van der Waals surface area contributed by atoms with Gasteiger partial charge in [0.05, 0.1) is 31.2 Å². The fourth-order valence-electron chi connectivity index (χ4n) is 2.89. The van der Waals surface area contributed by atoms with Gasteiger partial charge >= 0.3 is 5.97 Å². The van der Waals surface area contributed by atoms with E-state index in [0.29, 0.717) is 22.9 Å². The number of rotatable bonds is 8. The van der Waals surface area contributed by atoms with E-state index >= 15 is 0 Å². The van der Waals surface area contributed by atoms with Crippen molar-refractivity contribution < 1.29 is 27.4 Å². The first-order valence-corrected chi connectivity index (χ1v) is 10.8. The molecular weight excluding hydrogens is 418 g/mol. The third-order valence-corrected chi connectivity index (χ3v) is 6.43. The lowest BCUT2D eigenvalue weighted by atomic mass is 10.1. The van der Waals surface area contributed by atoms with E-state index in [1.807, 2.05) is 6.07 Å². The molecule has 0 bridgehead atoms. The second-order valence-electron chi connectivity index (χ2n) is 6.64. The average molecular weight is 442 g/mol. The van der Waals surface area contributed by atoms with Crippen LogP contribution in [0.15, 0.2) is 77.7 Å². The predicted molar refractivity (Wildman–Crippen MR) is 117 cm³/mol. The maximum absolute atomic E-state index is 12.8. The lowest BCUT2D eigenvalue weighted by Gasteiger charge is -2.20. The molecule has 0 radical (unpaired) electrons. The highest BCUT2D eigenvalue weighted by atomic mass is 32.2. The molecule has 0 saturated carbocycles. The number of benzene rings is 3. The van der Waals surface area contributed by atoms with Crippen LogP contribution in [0, 0.1) is 0 Å². The average Bonchev–Trinajstić information content (AvgIpc) is 2.79. The zero-order valence-electron chi connectivity index (χ0n) is 17.4. The molecule has 3 aromatic carbocycles. The molecular formula is C23H23NO6S. The molecule has 0 aliphatic carbocycles. The number of hydrogen-bond donors (Lipinski definition) is 0. The number of methoxy groups -OCH3 is 2. The second kappa shape index (κ2) is 9.53. The lowest BCUT2D eigenvalue weighted by Crippen LogP contribution is -2.26. The largest absolute Gasteiger partial charge is 0.497 e. The Morgan fingerprint density at radius 3 is 2.06 bits per heavy atom. The maximum atomic E-state index is 12.8. The van der Waals surface area contributed by atoms with Gasteiger partial charge in [-0.25, -0.2) is 8.42 Å². The van der Waals surface area contributed by atoms with Gasteiger partial charge in [-0.15, -0.1) is 0 Å². The summed E-state index contributed by atoms with van der Waals surface area (Å²) in [5.41, 5.74) is 1.20. The molecule has 7 nitrogen and oxygen atoms in total. The van der Waals surface area contributed by atoms with E-state index in [9.17, 15) is 13.2 Å². The Morgan fingerprint density at radius 1 is 0.839 bits per heavy atom. The minimum absolute atomic E-state index is 0.0880. The Hall–Kier alpha value is -3.52. The van der Waals surface area contributed by atoms with Crippen LogP contribution < -0.4 is 18.5 Å². The van der Waals surface area contributed by atoms with Gasteiger partial charge in [-0.3, -0.25) is 9.10 Å². The van der Waals surface area contributed by atoms with Crippen LogP contribution in [0.5, 0.6) is 17.2 Å². The standard InChI is InChI=1S/C23H23NO6S/c1-24(31(26,27)22-13-11-19(28-2)12-14-22)18-7-9-20(10-8-18)30-23(25)16-17-5-4-6-21(15-17)29-3/h4-15H,16H2,1-3H3. The summed E-state index contributed by atoms with van der Waals surface area (Å²) in [5, 5.41) is 0. The molecule has 31 heavy (non-hydrogen) atoms. The number of ether oxygens (including phenoxy) is 3. The molecule has 0 saturated heterocycles. The first-order valence-electron chi connectivity index (χ1n) is 9.40. The Kier molecular flexibility index (Phi) is 6.81. The summed E-state index contributed by atoms with van der Waals surface area (Å²) in [6.45, 7) is 0. The number of esters is 1. The molecule has 0 unspecified atom stereocenters. The van der Waals surface area contributed by atoms with E-state index in [4.69, 9.17) is 14.2 Å². The highest BCUT2D eigenvalue weighted by Gasteiger charge is 2.21. The van der Waals surface area contributed by atoms with Gasteiger partial charge in [-0.05, 0) is 66.2 Å². The normalized spacial score (nSPS) is 10.9. The van der Waals surface area contributed by atoms with Gasteiger partial charge in [-0.1, -0.05) is 12.1 Å². The Bertz CT molecular complexity index is 1140. The van der Waals surface area contributed by atoms with Crippen molar-refractivity contribution >= 4 is 21.7 Å². The first-order chi connectivity index (χ1) is 14.8. The zero-order valence-corrected chi connectivity index (χ0v) is 18.3. The van der Waals surface area contributed by atoms with Crippen molar-refractivity contribution in [3.8, 4) is 17.2 Å². The van der Waals surface area contributed by atoms with Gasteiger partial charge in [0.15, 0.2) is 0 Å². The summed E-state index contributed by atoms with van der Waals surface area (Å²) in [4.78, 5) is 12.4. The molecule has 3 aromatic rings. The van der Waals surface area contributed by atoms with Crippen LogP contribution in [0.2, 0.25) is 0 Å². The van der Waals surface area contributed by atoms with E-state index in [-0.39, 0.29) is 11.3 Å². The molecule has 0 spiro atoms. The number of nitrogens with zero attached hydrogens (tertiary/aromatic N) is 1. The van der Waals surface area contributed by atoms with Gasteiger partial charge in [0.2, 0.25) is 0 Å². The zero-order chi connectivity index (χ0) is 22.4. The van der Waals surface area contributed by atoms with Crippen LogP contribution in [0.4, 0.5) is 5.69 Å². The minimum atomic E-state index is -3.74. The van der Waals surface area contributed by atoms with Gasteiger partial charge in [-0.2, -0.15) is 0 Å². The van der Waals surface area contributed by atoms with E-state index < -0.39 is 16.0 Å². The summed E-state index contributed by atoms with van der Waals surface area (Å²) in [7, 11) is 0.795. The van der Waals surface area contributed by atoms with Gasteiger partial charge < -0.3 is 14.2 Å². The van der Waals surface area contributed by atoms with Crippen molar-refractivity contribution in [2.24, 2.45) is 0 Å². The third-order valence-electron chi connectivity index (χ3n) is 4.63. The number of anilines is 1. The quantitative estimate of drug-likeness (QED) is 0.392. The van der Waals surface area contributed by atoms with Crippen LogP contribution in [0.1, 0.15) is 5.56 Å². The number of sulfonamides is 1.